The van der Waals surface area contributed by atoms with E-state index in [1.54, 1.807) is 4.47 Å². The van der Waals surface area contributed by atoms with E-state index in [1.807, 2.05) is 35.7 Å². The molecule has 22 heavy (non-hydrogen) atoms. The molecule has 2 unspecified atom stereocenters. The molecule has 4 rings (SSSR count). The molecule has 1 aromatic carbocycles. The monoisotopic (exact) mass is 317 g/mol. The Balaban J connectivity index is 1.34. The van der Waals surface area contributed by atoms with E-state index in [9.17, 15) is 4.79 Å². The van der Waals surface area contributed by atoms with Gasteiger partial charge in [0.05, 0.1) is 6.54 Å². The highest BCUT2D eigenvalue weighted by Gasteiger charge is 2.38. The van der Waals surface area contributed by atoms with Crippen LogP contribution in [0.25, 0.3) is 0 Å². The summed E-state index contributed by atoms with van der Waals surface area (Å²) in [6.45, 7) is 4.09. The van der Waals surface area contributed by atoms with Gasteiger partial charge in [0.25, 0.3) is 5.91 Å². The minimum atomic E-state index is 0.0162. The number of nitrogens with zero attached hydrogens (tertiary/aromatic N) is 2. The zero-order valence-corrected chi connectivity index (χ0v) is 13.1. The van der Waals surface area contributed by atoms with Crippen LogP contribution >= 0.6 is 11.9 Å². The molecular weight excluding hydrogens is 298 g/mol. The standard InChI is InChI=1S/C16H19N3O2S/c20-16(17-15-11-18-8-6-13(15)10-18)12-2-4-14(5-3-12)21-19-7-1-9-22-19/h1-5,9,13,15H,6-8,10-11H2,(H,17,20)/t13-,15?/m0/s1. The van der Waals surface area contributed by atoms with Gasteiger partial charge in [0.1, 0.15) is 5.75 Å². The van der Waals surface area contributed by atoms with Crippen LogP contribution in [0.4, 0.5) is 0 Å². The summed E-state index contributed by atoms with van der Waals surface area (Å²) < 4.78 is 1.79. The maximum atomic E-state index is 12.3. The average Bonchev–Trinajstić information content (AvgIpc) is 3.25. The number of nitrogens with one attached hydrogen (secondary N) is 1. The molecule has 0 saturated carbocycles. The van der Waals surface area contributed by atoms with E-state index >= 15 is 0 Å². The fourth-order valence-corrected chi connectivity index (χ4v) is 3.94. The Labute approximate surface area is 134 Å². The van der Waals surface area contributed by atoms with E-state index in [4.69, 9.17) is 4.84 Å². The second kappa shape index (κ2) is 5.95. The van der Waals surface area contributed by atoms with Gasteiger partial charge in [-0.3, -0.25) is 4.79 Å². The second-order valence-electron chi connectivity index (χ2n) is 6.00. The molecule has 116 valence electrons. The molecule has 3 atom stereocenters. The third kappa shape index (κ3) is 2.86. The molecule has 1 amide bonds. The summed E-state index contributed by atoms with van der Waals surface area (Å²) >= 11 is 1.52. The van der Waals surface area contributed by atoms with Crippen molar-refractivity contribution >= 4 is 17.9 Å². The molecular formula is C16H19N3O2S. The van der Waals surface area contributed by atoms with E-state index in [2.05, 4.69) is 10.2 Å². The molecule has 5 nitrogen and oxygen atoms in total. The van der Waals surface area contributed by atoms with Gasteiger partial charge in [0, 0.05) is 24.7 Å². The number of carbonyl (C=O) groups excluding carboxylic acids is 1. The fourth-order valence-electron chi connectivity index (χ4n) is 3.33. The number of fused-ring (bicyclic) bond motifs is 2. The Morgan fingerprint density at radius 3 is 2.77 bits per heavy atom. The first-order chi connectivity index (χ1) is 10.8. The largest absolute Gasteiger partial charge is 0.395 e. The van der Waals surface area contributed by atoms with E-state index in [-0.39, 0.29) is 5.91 Å². The summed E-state index contributed by atoms with van der Waals surface area (Å²) in [5.41, 5.74) is 0.692. The van der Waals surface area contributed by atoms with Crippen molar-refractivity contribution in [3.05, 3.63) is 41.3 Å². The molecule has 3 heterocycles. The lowest BCUT2D eigenvalue weighted by molar-refractivity contribution is 0.0663. The minimum absolute atomic E-state index is 0.0162. The normalized spacial score (nSPS) is 29.9. The maximum absolute atomic E-state index is 12.3. The summed E-state index contributed by atoms with van der Waals surface area (Å²) in [7, 11) is 0. The highest BCUT2D eigenvalue weighted by Crippen LogP contribution is 2.28. The fraction of sp³-hybridized carbons (Fsp3) is 0.438. The Kier molecular flexibility index (Phi) is 3.82. The lowest BCUT2D eigenvalue weighted by Gasteiger charge is -2.23. The van der Waals surface area contributed by atoms with Crippen LogP contribution in [0.2, 0.25) is 0 Å². The van der Waals surface area contributed by atoms with Gasteiger partial charge in [0.15, 0.2) is 0 Å². The second-order valence-corrected chi connectivity index (χ2v) is 6.89. The highest BCUT2D eigenvalue weighted by atomic mass is 32.2. The number of amides is 1. The topological polar surface area (TPSA) is 44.8 Å². The molecule has 2 fully saturated rings. The SMILES string of the molecule is O=C(NC1CN2CC[C@H]1C2)c1ccc(ON2CC=CS2)cc1. The summed E-state index contributed by atoms with van der Waals surface area (Å²) in [4.78, 5) is 20.4. The van der Waals surface area contributed by atoms with E-state index in [1.165, 1.54) is 24.9 Å². The van der Waals surface area contributed by atoms with Gasteiger partial charge in [-0.1, -0.05) is 10.5 Å². The van der Waals surface area contributed by atoms with E-state index in [0.29, 0.717) is 17.5 Å². The molecule has 1 N–H and O–H groups in total. The molecule has 3 aliphatic heterocycles. The number of rotatable bonds is 4. The van der Waals surface area contributed by atoms with E-state index < -0.39 is 0 Å². The number of benzene rings is 1. The van der Waals surface area contributed by atoms with Crippen molar-refractivity contribution in [3.8, 4) is 5.75 Å². The van der Waals surface area contributed by atoms with Crippen LogP contribution < -0.4 is 10.2 Å². The summed E-state index contributed by atoms with van der Waals surface area (Å²) in [6.07, 6.45) is 3.25. The quantitative estimate of drug-likeness (QED) is 0.859. The van der Waals surface area contributed by atoms with Crippen LogP contribution in [0.1, 0.15) is 16.8 Å². The first-order valence-electron chi connectivity index (χ1n) is 7.68. The first kappa shape index (κ1) is 14.1. The van der Waals surface area contributed by atoms with Crippen LogP contribution in [0.3, 0.4) is 0 Å². The number of carbonyl (C=O) groups is 1. The van der Waals surface area contributed by atoms with Gasteiger partial charge < -0.3 is 15.1 Å². The van der Waals surface area contributed by atoms with Crippen molar-refractivity contribution in [1.29, 1.82) is 0 Å². The Hall–Kier alpha value is -1.50. The average molecular weight is 317 g/mol. The third-order valence-electron chi connectivity index (χ3n) is 4.50. The predicted octanol–water partition coefficient (Wildman–Crippen LogP) is 1.89. The molecule has 1 aromatic rings. The summed E-state index contributed by atoms with van der Waals surface area (Å²) in [5, 5.41) is 5.17. The smallest absolute Gasteiger partial charge is 0.251 e. The lowest BCUT2D eigenvalue weighted by Crippen LogP contribution is -2.43. The first-order valence-corrected chi connectivity index (χ1v) is 8.52. The number of hydroxylamine groups is 1. The zero-order chi connectivity index (χ0) is 14.9. The molecule has 0 aliphatic carbocycles. The van der Waals surface area contributed by atoms with Crippen LogP contribution in [0.15, 0.2) is 35.7 Å². The van der Waals surface area contributed by atoms with Crippen LogP contribution in [0, 0.1) is 5.92 Å². The Morgan fingerprint density at radius 1 is 1.27 bits per heavy atom. The van der Waals surface area contributed by atoms with E-state index in [0.717, 1.165) is 25.4 Å². The van der Waals surface area contributed by atoms with Gasteiger partial charge >= 0.3 is 0 Å². The summed E-state index contributed by atoms with van der Waals surface area (Å²) in [5.74, 6) is 1.40. The third-order valence-corrected chi connectivity index (χ3v) is 5.28. The predicted molar refractivity (Wildman–Crippen MR) is 86.3 cm³/mol. The number of piperidine rings is 1. The van der Waals surface area contributed by atoms with Gasteiger partial charge in [0.2, 0.25) is 0 Å². The molecule has 0 spiro atoms. The molecule has 6 heteroatoms. The van der Waals surface area contributed by atoms with Gasteiger partial charge in [-0.15, -0.1) is 0 Å². The van der Waals surface area contributed by atoms with Crippen molar-refractivity contribution in [2.24, 2.45) is 5.92 Å². The Morgan fingerprint density at radius 2 is 2.14 bits per heavy atom. The molecule has 2 bridgehead atoms. The van der Waals surface area contributed by atoms with Gasteiger partial charge in [-0.2, -0.15) is 0 Å². The number of hydrogen-bond acceptors (Lipinski definition) is 5. The van der Waals surface area contributed by atoms with Crippen molar-refractivity contribution in [3.63, 3.8) is 0 Å². The molecule has 0 radical (unpaired) electrons. The van der Waals surface area contributed by atoms with Crippen LogP contribution in [-0.4, -0.2) is 47.5 Å². The highest BCUT2D eigenvalue weighted by molar-refractivity contribution is 8.00. The minimum Gasteiger partial charge on any atom is -0.395 e. The van der Waals surface area contributed by atoms with Crippen molar-refractivity contribution in [2.45, 2.75) is 12.5 Å². The van der Waals surface area contributed by atoms with Gasteiger partial charge in [-0.25, -0.2) is 0 Å². The lowest BCUT2D eigenvalue weighted by atomic mass is 9.99. The van der Waals surface area contributed by atoms with Crippen molar-refractivity contribution in [1.82, 2.24) is 14.7 Å². The van der Waals surface area contributed by atoms with Crippen LogP contribution in [-0.2, 0) is 0 Å². The molecule has 3 aliphatic rings. The number of hydrogen-bond donors (Lipinski definition) is 1. The molecule has 2 saturated heterocycles. The van der Waals surface area contributed by atoms with Gasteiger partial charge in [-0.05, 0) is 60.5 Å². The maximum Gasteiger partial charge on any atom is 0.251 e. The summed E-state index contributed by atoms with van der Waals surface area (Å²) in [6, 6.07) is 7.65. The van der Waals surface area contributed by atoms with Crippen molar-refractivity contribution < 1.29 is 9.63 Å². The Bertz CT molecular complexity index is 582. The molecule has 0 aromatic heterocycles. The van der Waals surface area contributed by atoms with Crippen LogP contribution in [0.5, 0.6) is 5.75 Å². The van der Waals surface area contributed by atoms with Crippen molar-refractivity contribution in [2.75, 3.05) is 26.2 Å². The zero-order valence-electron chi connectivity index (χ0n) is 12.3.